The molecule has 0 aromatic heterocycles. The minimum absolute atomic E-state index is 0.234. The van der Waals surface area contributed by atoms with Crippen molar-refractivity contribution in [2.45, 2.75) is 44.8 Å². The van der Waals surface area contributed by atoms with Gasteiger partial charge in [-0.05, 0) is 93.5 Å². The van der Waals surface area contributed by atoms with Gasteiger partial charge in [-0.25, -0.2) is 0 Å². The van der Waals surface area contributed by atoms with Crippen molar-refractivity contribution in [3.63, 3.8) is 0 Å². The maximum absolute atomic E-state index is 10.1. The van der Waals surface area contributed by atoms with E-state index in [0.717, 1.165) is 51.9 Å². The number of hydrogen-bond acceptors (Lipinski definition) is 5. The van der Waals surface area contributed by atoms with Crippen molar-refractivity contribution in [3.05, 3.63) is 0 Å². The molecule has 0 aromatic rings. The van der Waals surface area contributed by atoms with Gasteiger partial charge in [0.2, 0.25) is 0 Å². The van der Waals surface area contributed by atoms with E-state index in [0.29, 0.717) is 6.54 Å². The van der Waals surface area contributed by atoms with Gasteiger partial charge in [0.1, 0.15) is 0 Å². The minimum Gasteiger partial charge on any atom is -0.392 e. The molecule has 0 aromatic carbocycles. The molecular formula is C16H38N4O. The molecule has 5 heteroatoms. The van der Waals surface area contributed by atoms with E-state index in [9.17, 15) is 5.11 Å². The summed E-state index contributed by atoms with van der Waals surface area (Å²) in [6, 6.07) is 0.234. The molecule has 0 saturated heterocycles. The van der Waals surface area contributed by atoms with E-state index in [1.807, 2.05) is 6.92 Å². The summed E-state index contributed by atoms with van der Waals surface area (Å²) in [5.74, 6) is 0. The van der Waals surface area contributed by atoms with Gasteiger partial charge in [-0.2, -0.15) is 0 Å². The quantitative estimate of drug-likeness (QED) is 0.524. The first-order valence-electron chi connectivity index (χ1n) is 8.30. The van der Waals surface area contributed by atoms with Crippen molar-refractivity contribution in [1.82, 2.24) is 14.7 Å². The van der Waals surface area contributed by atoms with Crippen LogP contribution in [0.25, 0.3) is 0 Å². The van der Waals surface area contributed by atoms with Crippen LogP contribution in [0.3, 0.4) is 0 Å². The molecule has 2 unspecified atom stereocenters. The molecule has 0 spiro atoms. The molecule has 0 bridgehead atoms. The van der Waals surface area contributed by atoms with Gasteiger partial charge >= 0.3 is 0 Å². The first-order chi connectivity index (χ1) is 9.88. The van der Waals surface area contributed by atoms with Crippen LogP contribution in [0.4, 0.5) is 0 Å². The van der Waals surface area contributed by atoms with Gasteiger partial charge in [-0.1, -0.05) is 0 Å². The van der Waals surface area contributed by atoms with Crippen LogP contribution in [0.15, 0.2) is 0 Å². The SMILES string of the molecule is CC(O)C(CCCN)N(CCCN(C)C)CCCN(C)C. The lowest BCUT2D eigenvalue weighted by Crippen LogP contribution is -2.44. The smallest absolute Gasteiger partial charge is 0.0667 e. The van der Waals surface area contributed by atoms with Gasteiger partial charge < -0.3 is 20.6 Å². The number of nitrogens with zero attached hydrogens (tertiary/aromatic N) is 3. The predicted octanol–water partition coefficient (Wildman–Crippen LogP) is 0.680. The second-order valence-corrected chi connectivity index (χ2v) is 6.59. The third-order valence-corrected chi connectivity index (χ3v) is 3.83. The molecule has 0 aliphatic rings. The van der Waals surface area contributed by atoms with Crippen molar-refractivity contribution >= 4 is 0 Å². The lowest BCUT2D eigenvalue weighted by atomic mass is 10.0. The Morgan fingerprint density at radius 1 is 0.857 bits per heavy atom. The average molecular weight is 303 g/mol. The highest BCUT2D eigenvalue weighted by molar-refractivity contribution is 4.77. The van der Waals surface area contributed by atoms with Crippen molar-refractivity contribution in [3.8, 4) is 0 Å². The molecule has 0 aliphatic heterocycles. The fraction of sp³-hybridized carbons (Fsp3) is 1.00. The van der Waals surface area contributed by atoms with Crippen LogP contribution < -0.4 is 5.73 Å². The molecule has 21 heavy (non-hydrogen) atoms. The van der Waals surface area contributed by atoms with E-state index in [1.165, 1.54) is 0 Å². The third-order valence-electron chi connectivity index (χ3n) is 3.83. The number of aliphatic hydroxyl groups excluding tert-OH is 1. The molecule has 128 valence electrons. The summed E-state index contributed by atoms with van der Waals surface area (Å²) < 4.78 is 0. The van der Waals surface area contributed by atoms with E-state index in [4.69, 9.17) is 5.73 Å². The summed E-state index contributed by atoms with van der Waals surface area (Å²) >= 11 is 0. The highest BCUT2D eigenvalue weighted by Gasteiger charge is 2.22. The molecule has 0 radical (unpaired) electrons. The zero-order valence-corrected chi connectivity index (χ0v) is 14.9. The van der Waals surface area contributed by atoms with E-state index < -0.39 is 0 Å². The number of nitrogens with two attached hydrogens (primary N) is 1. The highest BCUT2D eigenvalue weighted by atomic mass is 16.3. The fourth-order valence-corrected chi connectivity index (χ4v) is 2.68. The first kappa shape index (κ1) is 20.8. The minimum atomic E-state index is -0.296. The average Bonchev–Trinajstić information content (AvgIpc) is 2.37. The Labute approximate surface area is 132 Å². The molecule has 0 amide bonds. The van der Waals surface area contributed by atoms with Crippen LogP contribution >= 0.6 is 0 Å². The van der Waals surface area contributed by atoms with Crippen LogP contribution in [0, 0.1) is 0 Å². The van der Waals surface area contributed by atoms with Crippen LogP contribution in [-0.4, -0.2) is 92.9 Å². The van der Waals surface area contributed by atoms with E-state index in [1.54, 1.807) is 0 Å². The van der Waals surface area contributed by atoms with Crippen molar-refractivity contribution in [2.24, 2.45) is 5.73 Å². The molecule has 3 N–H and O–H groups in total. The molecule has 0 saturated carbocycles. The molecular weight excluding hydrogens is 264 g/mol. The number of hydrogen-bond donors (Lipinski definition) is 2. The third kappa shape index (κ3) is 11.1. The van der Waals surface area contributed by atoms with Crippen molar-refractivity contribution < 1.29 is 5.11 Å². The Balaban J connectivity index is 4.47. The standard InChI is InChI=1S/C16H38N4O/c1-15(21)16(9-6-10-17)20(13-7-11-18(2)3)14-8-12-19(4)5/h15-16,21H,6-14,17H2,1-5H3. The summed E-state index contributed by atoms with van der Waals surface area (Å²) in [5, 5.41) is 10.1. The molecule has 0 rings (SSSR count). The van der Waals surface area contributed by atoms with Gasteiger partial charge in [0.05, 0.1) is 6.10 Å². The maximum atomic E-state index is 10.1. The summed E-state index contributed by atoms with van der Waals surface area (Å²) in [6.07, 6.45) is 3.95. The summed E-state index contributed by atoms with van der Waals surface area (Å²) in [5.41, 5.74) is 5.64. The molecule has 5 nitrogen and oxygen atoms in total. The monoisotopic (exact) mass is 302 g/mol. The van der Waals surface area contributed by atoms with E-state index in [-0.39, 0.29) is 12.1 Å². The lowest BCUT2D eigenvalue weighted by molar-refractivity contribution is 0.0508. The van der Waals surface area contributed by atoms with Crippen LogP contribution in [0.2, 0.25) is 0 Å². The van der Waals surface area contributed by atoms with Crippen LogP contribution in [0.5, 0.6) is 0 Å². The summed E-state index contributed by atoms with van der Waals surface area (Å²) in [7, 11) is 8.43. The zero-order valence-electron chi connectivity index (χ0n) is 14.9. The number of rotatable bonds is 13. The Bertz CT molecular complexity index is 220. The van der Waals surface area contributed by atoms with Gasteiger partial charge in [0, 0.05) is 6.04 Å². The van der Waals surface area contributed by atoms with E-state index in [2.05, 4.69) is 42.9 Å². The van der Waals surface area contributed by atoms with Gasteiger partial charge in [0.15, 0.2) is 0 Å². The summed E-state index contributed by atoms with van der Waals surface area (Å²) in [6.45, 7) is 6.89. The van der Waals surface area contributed by atoms with Crippen molar-refractivity contribution in [1.29, 1.82) is 0 Å². The topological polar surface area (TPSA) is 56.0 Å². The maximum Gasteiger partial charge on any atom is 0.0667 e. The van der Waals surface area contributed by atoms with E-state index >= 15 is 0 Å². The van der Waals surface area contributed by atoms with Gasteiger partial charge in [-0.3, -0.25) is 4.90 Å². The Morgan fingerprint density at radius 2 is 1.33 bits per heavy atom. The fourth-order valence-electron chi connectivity index (χ4n) is 2.68. The normalized spacial score (nSPS) is 15.1. The van der Waals surface area contributed by atoms with Crippen LogP contribution in [-0.2, 0) is 0 Å². The molecule has 0 heterocycles. The molecule has 0 aliphatic carbocycles. The lowest BCUT2D eigenvalue weighted by Gasteiger charge is -2.34. The van der Waals surface area contributed by atoms with Gasteiger partial charge in [-0.15, -0.1) is 0 Å². The van der Waals surface area contributed by atoms with Crippen molar-refractivity contribution in [2.75, 3.05) is 60.9 Å². The highest BCUT2D eigenvalue weighted by Crippen LogP contribution is 2.13. The second kappa shape index (κ2) is 12.4. The molecule has 0 fully saturated rings. The molecule has 2 atom stereocenters. The zero-order chi connectivity index (χ0) is 16.3. The second-order valence-electron chi connectivity index (χ2n) is 6.59. The summed E-state index contributed by atoms with van der Waals surface area (Å²) in [4.78, 5) is 6.90. The van der Waals surface area contributed by atoms with Crippen LogP contribution in [0.1, 0.15) is 32.6 Å². The Kier molecular flexibility index (Phi) is 12.2. The first-order valence-corrected chi connectivity index (χ1v) is 8.30. The Hall–Kier alpha value is -0.200. The number of aliphatic hydroxyl groups is 1. The largest absolute Gasteiger partial charge is 0.392 e. The van der Waals surface area contributed by atoms with Gasteiger partial charge in [0.25, 0.3) is 0 Å². The predicted molar refractivity (Wildman–Crippen MR) is 91.7 cm³/mol. The Morgan fingerprint density at radius 3 is 1.67 bits per heavy atom.